The molecule has 4 heteroatoms. The molecule has 0 fully saturated rings. The molecule has 3 nitrogen and oxygen atoms in total. The summed E-state index contributed by atoms with van der Waals surface area (Å²) in [6.07, 6.45) is 2.17. The van der Waals surface area contributed by atoms with Crippen LogP contribution >= 0.6 is 11.8 Å². The Bertz CT molecular complexity index is 952. The Morgan fingerprint density at radius 1 is 0.793 bits per heavy atom. The van der Waals surface area contributed by atoms with E-state index in [1.165, 1.54) is 5.56 Å². The molecule has 0 saturated carbocycles. The lowest BCUT2D eigenvalue weighted by Crippen LogP contribution is -2.09. The Balaban J connectivity index is 1.58. The molecule has 3 aromatic rings. The van der Waals surface area contributed by atoms with E-state index in [4.69, 9.17) is 0 Å². The average molecular weight is 405 g/mol. The van der Waals surface area contributed by atoms with Gasteiger partial charge in [0, 0.05) is 23.5 Å². The molecule has 1 N–H and O–H groups in total. The van der Waals surface area contributed by atoms with E-state index in [-0.39, 0.29) is 17.8 Å². The number of benzene rings is 3. The number of hydrogen-bond donors (Lipinski definition) is 1. The summed E-state index contributed by atoms with van der Waals surface area (Å²) in [7, 11) is 0. The van der Waals surface area contributed by atoms with Crippen molar-refractivity contribution in [3.8, 4) is 0 Å². The predicted molar refractivity (Wildman–Crippen MR) is 118 cm³/mol. The summed E-state index contributed by atoms with van der Waals surface area (Å²) >= 11 is 1.63. The SMILES string of the molecule is O=C(CCc1ccccc1)Cc1ccc(SCCc2ccccc2)cc1C(=O)O. The molecule has 3 aromatic carbocycles. The molecule has 0 unspecified atom stereocenters. The van der Waals surface area contributed by atoms with Crippen LogP contribution < -0.4 is 0 Å². The number of thioether (sulfide) groups is 1. The van der Waals surface area contributed by atoms with Gasteiger partial charge >= 0.3 is 5.97 Å². The molecule has 0 bridgehead atoms. The summed E-state index contributed by atoms with van der Waals surface area (Å²) in [6.45, 7) is 0. The number of Topliss-reactive ketones (excluding diaryl/α,β-unsaturated/α-hetero) is 1. The first-order valence-corrected chi connectivity index (χ1v) is 10.7. The van der Waals surface area contributed by atoms with Gasteiger partial charge in [-0.1, -0.05) is 66.7 Å². The largest absolute Gasteiger partial charge is 0.478 e. The van der Waals surface area contributed by atoms with E-state index in [0.717, 1.165) is 22.6 Å². The van der Waals surface area contributed by atoms with Crippen LogP contribution in [0.25, 0.3) is 0 Å². The molecule has 0 heterocycles. The molecule has 0 aliphatic carbocycles. The van der Waals surface area contributed by atoms with Crippen LogP contribution in [-0.4, -0.2) is 22.6 Å². The highest BCUT2D eigenvalue weighted by Gasteiger charge is 2.14. The van der Waals surface area contributed by atoms with Crippen molar-refractivity contribution in [3.05, 3.63) is 101 Å². The fourth-order valence-corrected chi connectivity index (χ4v) is 4.10. The quantitative estimate of drug-likeness (QED) is 0.456. The first-order valence-electron chi connectivity index (χ1n) is 9.70. The van der Waals surface area contributed by atoms with Gasteiger partial charge in [-0.05, 0) is 41.7 Å². The van der Waals surface area contributed by atoms with E-state index < -0.39 is 5.97 Å². The standard InChI is InChI=1S/C25H24O3S/c26-22(13-11-19-7-3-1-4-8-19)17-21-12-14-23(18-24(21)25(27)28)29-16-15-20-9-5-2-6-10-20/h1-10,12,14,18H,11,13,15-17H2,(H,27,28). The number of aryl methyl sites for hydroxylation is 2. The van der Waals surface area contributed by atoms with E-state index in [0.29, 0.717) is 18.4 Å². The normalized spacial score (nSPS) is 10.6. The van der Waals surface area contributed by atoms with Crippen molar-refractivity contribution >= 4 is 23.5 Å². The van der Waals surface area contributed by atoms with Crippen molar-refractivity contribution in [1.82, 2.24) is 0 Å². The molecular formula is C25H24O3S. The molecule has 0 saturated heterocycles. The van der Waals surface area contributed by atoms with Crippen molar-refractivity contribution in [2.45, 2.75) is 30.6 Å². The summed E-state index contributed by atoms with van der Waals surface area (Å²) in [5, 5.41) is 9.59. The summed E-state index contributed by atoms with van der Waals surface area (Å²) in [4.78, 5) is 25.0. The van der Waals surface area contributed by atoms with Gasteiger partial charge in [0.2, 0.25) is 0 Å². The molecule has 0 aromatic heterocycles. The van der Waals surface area contributed by atoms with Crippen LogP contribution in [-0.2, 0) is 24.1 Å². The highest BCUT2D eigenvalue weighted by atomic mass is 32.2. The minimum absolute atomic E-state index is 0.0563. The third kappa shape index (κ3) is 6.61. The third-order valence-electron chi connectivity index (χ3n) is 4.74. The monoisotopic (exact) mass is 404 g/mol. The zero-order valence-electron chi connectivity index (χ0n) is 16.2. The number of hydrogen-bond acceptors (Lipinski definition) is 3. The number of carboxylic acids is 1. The fraction of sp³-hybridized carbons (Fsp3) is 0.200. The fourth-order valence-electron chi connectivity index (χ4n) is 3.16. The van der Waals surface area contributed by atoms with E-state index >= 15 is 0 Å². The minimum Gasteiger partial charge on any atom is -0.478 e. The molecule has 0 amide bonds. The number of ketones is 1. The minimum atomic E-state index is -0.985. The van der Waals surface area contributed by atoms with E-state index in [1.54, 1.807) is 23.9 Å². The van der Waals surface area contributed by atoms with Gasteiger partial charge in [-0.3, -0.25) is 4.79 Å². The van der Waals surface area contributed by atoms with Crippen LogP contribution in [0.4, 0.5) is 0 Å². The van der Waals surface area contributed by atoms with Gasteiger partial charge in [0.05, 0.1) is 5.56 Å². The molecule has 0 aliphatic heterocycles. The van der Waals surface area contributed by atoms with Crippen molar-refractivity contribution in [2.24, 2.45) is 0 Å². The van der Waals surface area contributed by atoms with Crippen molar-refractivity contribution in [3.63, 3.8) is 0 Å². The topological polar surface area (TPSA) is 54.4 Å². The van der Waals surface area contributed by atoms with Crippen LogP contribution in [0.5, 0.6) is 0 Å². The number of carbonyl (C=O) groups is 2. The summed E-state index contributed by atoms with van der Waals surface area (Å²) in [5.41, 5.74) is 3.19. The predicted octanol–water partition coefficient (Wildman–Crippen LogP) is 5.46. The lowest BCUT2D eigenvalue weighted by Gasteiger charge is -2.09. The molecule has 148 valence electrons. The van der Waals surface area contributed by atoms with E-state index in [2.05, 4.69) is 12.1 Å². The zero-order chi connectivity index (χ0) is 20.5. The van der Waals surface area contributed by atoms with Crippen molar-refractivity contribution < 1.29 is 14.7 Å². The van der Waals surface area contributed by atoms with Gasteiger partial charge in [-0.15, -0.1) is 11.8 Å². The number of carbonyl (C=O) groups excluding carboxylic acids is 1. The van der Waals surface area contributed by atoms with Gasteiger partial charge in [-0.25, -0.2) is 4.79 Å². The Kier molecular flexibility index (Phi) is 7.65. The van der Waals surface area contributed by atoms with Gasteiger partial charge in [0.15, 0.2) is 0 Å². The Morgan fingerprint density at radius 3 is 2.03 bits per heavy atom. The Morgan fingerprint density at radius 2 is 1.41 bits per heavy atom. The number of rotatable bonds is 10. The lowest BCUT2D eigenvalue weighted by atomic mass is 9.99. The lowest BCUT2D eigenvalue weighted by molar-refractivity contribution is -0.118. The Labute approximate surface area is 175 Å². The molecule has 0 aliphatic rings. The molecule has 0 radical (unpaired) electrons. The molecule has 3 rings (SSSR count). The highest BCUT2D eigenvalue weighted by molar-refractivity contribution is 7.99. The van der Waals surface area contributed by atoms with Gasteiger partial charge in [0.1, 0.15) is 5.78 Å². The second kappa shape index (κ2) is 10.6. The second-order valence-electron chi connectivity index (χ2n) is 6.91. The van der Waals surface area contributed by atoms with Crippen molar-refractivity contribution in [2.75, 3.05) is 5.75 Å². The second-order valence-corrected chi connectivity index (χ2v) is 8.08. The summed E-state index contributed by atoms with van der Waals surface area (Å²) < 4.78 is 0. The van der Waals surface area contributed by atoms with Crippen LogP contribution in [0.2, 0.25) is 0 Å². The molecule has 29 heavy (non-hydrogen) atoms. The highest BCUT2D eigenvalue weighted by Crippen LogP contribution is 2.24. The third-order valence-corrected chi connectivity index (χ3v) is 5.73. The number of carboxylic acid groups (broad SMARTS) is 1. The zero-order valence-corrected chi connectivity index (χ0v) is 17.0. The van der Waals surface area contributed by atoms with Crippen molar-refractivity contribution in [1.29, 1.82) is 0 Å². The van der Waals surface area contributed by atoms with Crippen LogP contribution in [0.1, 0.15) is 33.5 Å². The first kappa shape index (κ1) is 20.9. The summed E-state index contributed by atoms with van der Waals surface area (Å²) in [5.74, 6) is -0.0551. The van der Waals surface area contributed by atoms with E-state index in [9.17, 15) is 14.7 Å². The smallest absolute Gasteiger partial charge is 0.336 e. The summed E-state index contributed by atoms with van der Waals surface area (Å²) in [6, 6.07) is 25.5. The van der Waals surface area contributed by atoms with Crippen LogP contribution in [0.3, 0.4) is 0 Å². The Hall–Kier alpha value is -2.85. The molecule has 0 atom stereocenters. The number of aromatic carboxylic acids is 1. The van der Waals surface area contributed by atoms with E-state index in [1.807, 2.05) is 54.6 Å². The van der Waals surface area contributed by atoms with Gasteiger partial charge in [-0.2, -0.15) is 0 Å². The van der Waals surface area contributed by atoms with Gasteiger partial charge in [0.25, 0.3) is 0 Å². The molecular weight excluding hydrogens is 380 g/mol. The maximum Gasteiger partial charge on any atom is 0.336 e. The molecule has 0 spiro atoms. The van der Waals surface area contributed by atoms with Crippen LogP contribution in [0, 0.1) is 0 Å². The van der Waals surface area contributed by atoms with Gasteiger partial charge < -0.3 is 5.11 Å². The van der Waals surface area contributed by atoms with Crippen LogP contribution in [0.15, 0.2) is 83.8 Å². The average Bonchev–Trinajstić information content (AvgIpc) is 2.74. The first-order chi connectivity index (χ1) is 14.1. The maximum absolute atomic E-state index is 12.4. The maximum atomic E-state index is 12.4.